The molecule has 1 aliphatic heterocycles. The first-order valence-corrected chi connectivity index (χ1v) is 13.6. The predicted molar refractivity (Wildman–Crippen MR) is 147 cm³/mol. The molecule has 0 saturated carbocycles. The zero-order chi connectivity index (χ0) is 27.9. The molecule has 5 rings (SSSR count). The van der Waals surface area contributed by atoms with Gasteiger partial charge in [-0.25, -0.2) is 4.39 Å². The summed E-state index contributed by atoms with van der Waals surface area (Å²) in [6.45, 7) is 8.40. The maximum absolute atomic E-state index is 15.3. The van der Waals surface area contributed by atoms with Crippen molar-refractivity contribution in [1.29, 1.82) is 0 Å². The van der Waals surface area contributed by atoms with Gasteiger partial charge in [0, 0.05) is 18.5 Å². The van der Waals surface area contributed by atoms with E-state index >= 15 is 4.39 Å². The molecule has 0 radical (unpaired) electrons. The summed E-state index contributed by atoms with van der Waals surface area (Å²) in [6.07, 6.45) is 4.61. The summed E-state index contributed by atoms with van der Waals surface area (Å²) in [5.41, 5.74) is 7.05. The molecular weight excluding hydrogens is 497 g/mol. The fourth-order valence-corrected chi connectivity index (χ4v) is 6.05. The second-order valence-electron chi connectivity index (χ2n) is 11.6. The molecule has 7 heteroatoms. The van der Waals surface area contributed by atoms with Crippen LogP contribution in [0.25, 0.3) is 11.1 Å². The van der Waals surface area contributed by atoms with Crippen molar-refractivity contribution < 1.29 is 28.9 Å². The number of hydrogen-bond donors (Lipinski definition) is 2. The number of rotatable bonds is 9. The molecule has 39 heavy (non-hydrogen) atoms. The van der Waals surface area contributed by atoms with Gasteiger partial charge in [-0.15, -0.1) is 0 Å². The van der Waals surface area contributed by atoms with Gasteiger partial charge < -0.3 is 19.7 Å². The van der Waals surface area contributed by atoms with Crippen LogP contribution >= 0.6 is 0 Å². The number of benzene rings is 2. The summed E-state index contributed by atoms with van der Waals surface area (Å²) in [5, 5.41) is 19.1. The molecule has 206 valence electrons. The van der Waals surface area contributed by atoms with Crippen LogP contribution in [0.1, 0.15) is 78.5 Å². The van der Waals surface area contributed by atoms with Crippen molar-refractivity contribution in [3.05, 3.63) is 75.9 Å². The number of carboxylic acid groups (broad SMARTS) is 1. The molecule has 1 aromatic heterocycles. The van der Waals surface area contributed by atoms with Crippen LogP contribution < -0.4 is 9.47 Å². The summed E-state index contributed by atoms with van der Waals surface area (Å²) in [4.78, 5) is 15.7. The summed E-state index contributed by atoms with van der Waals surface area (Å²) >= 11 is 0. The van der Waals surface area contributed by atoms with Gasteiger partial charge in [0.05, 0.1) is 30.9 Å². The van der Waals surface area contributed by atoms with Gasteiger partial charge in [-0.3, -0.25) is 9.78 Å². The smallest absolute Gasteiger partial charge is 0.304 e. The van der Waals surface area contributed by atoms with Crippen LogP contribution in [0.4, 0.5) is 4.39 Å². The highest BCUT2D eigenvalue weighted by Crippen LogP contribution is 2.45. The normalized spacial score (nSPS) is 18.0. The van der Waals surface area contributed by atoms with E-state index in [1.54, 1.807) is 26.1 Å². The minimum Gasteiger partial charge on any atom is -0.493 e. The third-order valence-electron chi connectivity index (χ3n) is 7.88. The summed E-state index contributed by atoms with van der Waals surface area (Å²) in [7, 11) is 0. The van der Waals surface area contributed by atoms with Crippen molar-refractivity contribution in [2.75, 3.05) is 13.2 Å². The van der Waals surface area contributed by atoms with Crippen molar-refractivity contribution in [3.8, 4) is 22.6 Å². The SMILES string of the molecule is Cc1cc(OCCC(C)(C)O)cc(C)c1-c1ccc(F)c2c1CC[C@H]2Cc1cnc2c(c1)OCC2CC(=O)O. The van der Waals surface area contributed by atoms with Crippen LogP contribution in [0.3, 0.4) is 0 Å². The Balaban J connectivity index is 1.38. The Labute approximate surface area is 228 Å². The van der Waals surface area contributed by atoms with Crippen molar-refractivity contribution in [3.63, 3.8) is 0 Å². The standard InChI is InChI=1S/C32H36FNO5/c1-18-11-23(38-10-9-32(3,4)37)12-19(2)29(18)24-7-8-26(33)30-21(5-6-25(24)30)13-20-14-27-31(34-16-20)22(17-39-27)15-28(35)36/h7-8,11-12,14,16,21-22,37H,5-6,9-10,13,15,17H2,1-4H3,(H,35,36)/t21-,22?/m0/s1. The van der Waals surface area contributed by atoms with Crippen LogP contribution in [0.5, 0.6) is 11.5 Å². The second kappa shape index (κ2) is 10.6. The third-order valence-corrected chi connectivity index (χ3v) is 7.88. The highest BCUT2D eigenvalue weighted by Gasteiger charge is 2.32. The minimum absolute atomic E-state index is 0.00386. The number of ether oxygens (including phenoxy) is 2. The van der Waals surface area contributed by atoms with Crippen LogP contribution in [0.2, 0.25) is 0 Å². The fourth-order valence-electron chi connectivity index (χ4n) is 6.05. The van der Waals surface area contributed by atoms with Gasteiger partial charge in [0.25, 0.3) is 0 Å². The lowest BCUT2D eigenvalue weighted by Crippen LogP contribution is -2.21. The van der Waals surface area contributed by atoms with Gasteiger partial charge in [-0.1, -0.05) is 6.07 Å². The van der Waals surface area contributed by atoms with Gasteiger partial charge in [0.2, 0.25) is 0 Å². The number of halogens is 1. The summed E-state index contributed by atoms with van der Waals surface area (Å²) in [5.74, 6) is 0.165. The maximum Gasteiger partial charge on any atom is 0.304 e. The van der Waals surface area contributed by atoms with Gasteiger partial charge in [-0.05, 0) is 116 Å². The van der Waals surface area contributed by atoms with Crippen molar-refractivity contribution >= 4 is 5.97 Å². The third kappa shape index (κ3) is 5.78. The van der Waals surface area contributed by atoms with Crippen LogP contribution in [0, 0.1) is 19.7 Å². The molecule has 0 amide bonds. The highest BCUT2D eigenvalue weighted by atomic mass is 19.1. The monoisotopic (exact) mass is 533 g/mol. The Morgan fingerprint density at radius 3 is 2.62 bits per heavy atom. The first-order chi connectivity index (χ1) is 18.5. The van der Waals surface area contributed by atoms with E-state index in [0.717, 1.165) is 57.5 Å². The molecule has 1 unspecified atom stereocenters. The molecule has 0 bridgehead atoms. The number of aryl methyl sites for hydroxylation is 2. The molecule has 2 heterocycles. The molecule has 1 aliphatic carbocycles. The second-order valence-corrected chi connectivity index (χ2v) is 11.6. The van der Waals surface area contributed by atoms with Gasteiger partial charge in [0.1, 0.15) is 17.3 Å². The molecule has 2 N–H and O–H groups in total. The number of fused-ring (bicyclic) bond motifs is 2. The topological polar surface area (TPSA) is 88.9 Å². The van der Waals surface area contributed by atoms with Crippen LogP contribution in [-0.2, 0) is 17.6 Å². The lowest BCUT2D eigenvalue weighted by Gasteiger charge is -2.20. The lowest BCUT2D eigenvalue weighted by atomic mass is 9.88. The summed E-state index contributed by atoms with van der Waals surface area (Å²) in [6, 6.07) is 9.45. The number of hydrogen-bond acceptors (Lipinski definition) is 5. The van der Waals surface area contributed by atoms with Crippen molar-refractivity contribution in [2.45, 2.75) is 77.2 Å². The Bertz CT molecular complexity index is 1390. The van der Waals surface area contributed by atoms with E-state index in [1.807, 2.05) is 24.3 Å². The van der Waals surface area contributed by atoms with Crippen LogP contribution in [-0.4, -0.2) is 40.0 Å². The van der Waals surface area contributed by atoms with E-state index in [2.05, 4.69) is 18.8 Å². The highest BCUT2D eigenvalue weighted by molar-refractivity contribution is 5.76. The zero-order valence-electron chi connectivity index (χ0n) is 23.0. The number of carboxylic acids is 1. The fraction of sp³-hybridized carbons (Fsp3) is 0.438. The average molecular weight is 534 g/mol. The Kier molecular flexibility index (Phi) is 7.38. The molecular formula is C32H36FNO5. The molecule has 2 aliphatic rings. The number of aliphatic hydroxyl groups is 1. The number of nitrogens with zero attached hydrogens (tertiary/aromatic N) is 1. The zero-order valence-corrected chi connectivity index (χ0v) is 23.0. The number of aromatic nitrogens is 1. The van der Waals surface area contributed by atoms with E-state index in [-0.39, 0.29) is 24.1 Å². The lowest BCUT2D eigenvalue weighted by molar-refractivity contribution is -0.137. The van der Waals surface area contributed by atoms with Gasteiger partial charge >= 0.3 is 5.97 Å². The maximum atomic E-state index is 15.3. The van der Waals surface area contributed by atoms with Gasteiger partial charge in [-0.2, -0.15) is 0 Å². The number of pyridine rings is 1. The molecule has 6 nitrogen and oxygen atoms in total. The van der Waals surface area contributed by atoms with E-state index < -0.39 is 11.6 Å². The minimum atomic E-state index is -0.866. The Morgan fingerprint density at radius 2 is 1.92 bits per heavy atom. The number of aliphatic carboxylic acids is 1. The molecule has 2 atom stereocenters. The Morgan fingerprint density at radius 1 is 1.18 bits per heavy atom. The van der Waals surface area contributed by atoms with Crippen molar-refractivity contribution in [1.82, 2.24) is 4.98 Å². The van der Waals surface area contributed by atoms with E-state index in [9.17, 15) is 9.90 Å². The molecule has 0 fully saturated rings. The molecule has 2 aromatic carbocycles. The summed E-state index contributed by atoms with van der Waals surface area (Å²) < 4.78 is 27.0. The molecule has 0 spiro atoms. The van der Waals surface area contributed by atoms with Crippen LogP contribution in [0.15, 0.2) is 36.5 Å². The van der Waals surface area contributed by atoms with E-state index in [4.69, 9.17) is 14.6 Å². The van der Waals surface area contributed by atoms with Gasteiger partial charge in [0.15, 0.2) is 0 Å². The Hall–Kier alpha value is -3.45. The van der Waals surface area contributed by atoms with E-state index in [0.29, 0.717) is 37.5 Å². The number of carbonyl (C=O) groups is 1. The largest absolute Gasteiger partial charge is 0.493 e. The molecule has 0 saturated heterocycles. The average Bonchev–Trinajstić information content (AvgIpc) is 3.44. The quantitative estimate of drug-likeness (QED) is 0.337. The van der Waals surface area contributed by atoms with Crippen molar-refractivity contribution in [2.24, 2.45) is 0 Å². The molecule has 3 aromatic rings. The first kappa shape index (κ1) is 27.1. The van der Waals surface area contributed by atoms with E-state index in [1.165, 1.54) is 0 Å². The predicted octanol–water partition coefficient (Wildman–Crippen LogP) is 6.27. The first-order valence-electron chi connectivity index (χ1n) is 13.6.